The van der Waals surface area contributed by atoms with Gasteiger partial charge in [0.1, 0.15) is 5.75 Å². The minimum absolute atomic E-state index is 0.0527. The van der Waals surface area contributed by atoms with Crippen molar-refractivity contribution in [2.75, 3.05) is 31.7 Å². The van der Waals surface area contributed by atoms with Crippen molar-refractivity contribution in [2.45, 2.75) is 25.8 Å². The average Bonchev–Trinajstić information content (AvgIpc) is 2.86. The molecule has 4 heteroatoms. The second-order valence-corrected chi connectivity index (χ2v) is 5.29. The summed E-state index contributed by atoms with van der Waals surface area (Å²) in [5.41, 5.74) is 8.36. The van der Waals surface area contributed by atoms with Crippen molar-refractivity contribution in [3.63, 3.8) is 0 Å². The molecule has 1 saturated heterocycles. The number of anilines is 1. The summed E-state index contributed by atoms with van der Waals surface area (Å²) in [5.74, 6) is 1.44. The standard InChI is InChI=1S/C15H24N2O2/c1-11(16)15-13(4-3-5-14(15)19-2)17-8-6-12(10-17)7-9-18/h3-5,11-12,18H,6-10,16H2,1-2H3. The summed E-state index contributed by atoms with van der Waals surface area (Å²) < 4.78 is 5.43. The molecular weight excluding hydrogens is 240 g/mol. The van der Waals surface area contributed by atoms with Gasteiger partial charge in [-0.25, -0.2) is 0 Å². The second kappa shape index (κ2) is 6.26. The Morgan fingerprint density at radius 3 is 2.95 bits per heavy atom. The monoisotopic (exact) mass is 264 g/mol. The van der Waals surface area contributed by atoms with Gasteiger partial charge in [-0.15, -0.1) is 0 Å². The molecule has 0 spiro atoms. The first-order valence-corrected chi connectivity index (χ1v) is 6.95. The Hall–Kier alpha value is -1.26. The fourth-order valence-corrected chi connectivity index (χ4v) is 2.91. The molecule has 1 fully saturated rings. The fraction of sp³-hybridized carbons (Fsp3) is 0.600. The van der Waals surface area contributed by atoms with E-state index in [-0.39, 0.29) is 12.6 Å². The zero-order valence-electron chi connectivity index (χ0n) is 11.8. The van der Waals surface area contributed by atoms with Crippen LogP contribution in [-0.2, 0) is 0 Å². The number of hydrogen-bond acceptors (Lipinski definition) is 4. The zero-order chi connectivity index (χ0) is 13.8. The topological polar surface area (TPSA) is 58.7 Å². The Kier molecular flexibility index (Phi) is 4.66. The largest absolute Gasteiger partial charge is 0.496 e. The number of aliphatic hydroxyl groups excluding tert-OH is 1. The summed E-state index contributed by atoms with van der Waals surface area (Å²) in [6.07, 6.45) is 2.02. The van der Waals surface area contributed by atoms with E-state index in [2.05, 4.69) is 11.0 Å². The Morgan fingerprint density at radius 2 is 2.32 bits per heavy atom. The van der Waals surface area contributed by atoms with Gasteiger partial charge in [0.15, 0.2) is 0 Å². The number of hydrogen-bond donors (Lipinski definition) is 2. The van der Waals surface area contributed by atoms with E-state index >= 15 is 0 Å². The number of ether oxygens (including phenoxy) is 1. The van der Waals surface area contributed by atoms with Crippen molar-refractivity contribution in [1.29, 1.82) is 0 Å². The van der Waals surface area contributed by atoms with Crippen molar-refractivity contribution in [1.82, 2.24) is 0 Å². The lowest BCUT2D eigenvalue weighted by Crippen LogP contribution is -2.23. The number of benzene rings is 1. The molecule has 0 saturated carbocycles. The minimum Gasteiger partial charge on any atom is -0.496 e. The number of aliphatic hydroxyl groups is 1. The van der Waals surface area contributed by atoms with Gasteiger partial charge in [0, 0.05) is 37.0 Å². The summed E-state index contributed by atoms with van der Waals surface area (Å²) in [4.78, 5) is 2.36. The number of methoxy groups -OCH3 is 1. The molecule has 2 unspecified atom stereocenters. The van der Waals surface area contributed by atoms with Gasteiger partial charge in [-0.1, -0.05) is 6.07 Å². The van der Waals surface area contributed by atoms with E-state index in [1.807, 2.05) is 19.1 Å². The molecule has 4 nitrogen and oxygen atoms in total. The summed E-state index contributed by atoms with van der Waals surface area (Å²) in [7, 11) is 1.68. The molecule has 0 bridgehead atoms. The number of nitrogens with two attached hydrogens (primary N) is 1. The number of rotatable bonds is 5. The van der Waals surface area contributed by atoms with Crippen molar-refractivity contribution in [2.24, 2.45) is 11.7 Å². The van der Waals surface area contributed by atoms with Gasteiger partial charge >= 0.3 is 0 Å². The smallest absolute Gasteiger partial charge is 0.125 e. The van der Waals surface area contributed by atoms with Crippen molar-refractivity contribution < 1.29 is 9.84 Å². The van der Waals surface area contributed by atoms with Crippen LogP contribution in [0.1, 0.15) is 31.4 Å². The maximum atomic E-state index is 9.05. The molecule has 2 atom stereocenters. The molecule has 1 aliphatic rings. The van der Waals surface area contributed by atoms with Crippen LogP contribution in [0.4, 0.5) is 5.69 Å². The van der Waals surface area contributed by atoms with Crippen LogP contribution in [0, 0.1) is 5.92 Å². The molecule has 0 aromatic heterocycles. The van der Waals surface area contributed by atoms with Crippen LogP contribution in [0.25, 0.3) is 0 Å². The minimum atomic E-state index is -0.0527. The Labute approximate surface area is 115 Å². The van der Waals surface area contributed by atoms with Crippen molar-refractivity contribution >= 4 is 5.69 Å². The van der Waals surface area contributed by atoms with Gasteiger partial charge in [-0.3, -0.25) is 0 Å². The van der Waals surface area contributed by atoms with Gasteiger partial charge in [0.2, 0.25) is 0 Å². The molecule has 19 heavy (non-hydrogen) atoms. The van der Waals surface area contributed by atoms with Crippen LogP contribution >= 0.6 is 0 Å². The predicted molar refractivity (Wildman–Crippen MR) is 77.6 cm³/mol. The van der Waals surface area contributed by atoms with Crippen LogP contribution in [0.15, 0.2) is 18.2 Å². The molecule has 2 rings (SSSR count). The van der Waals surface area contributed by atoms with Crippen LogP contribution in [0.5, 0.6) is 5.75 Å². The molecule has 106 valence electrons. The fourth-order valence-electron chi connectivity index (χ4n) is 2.91. The quantitative estimate of drug-likeness (QED) is 0.853. The highest BCUT2D eigenvalue weighted by Crippen LogP contribution is 2.36. The van der Waals surface area contributed by atoms with E-state index in [1.165, 1.54) is 5.69 Å². The lowest BCUT2D eigenvalue weighted by molar-refractivity contribution is 0.263. The highest BCUT2D eigenvalue weighted by atomic mass is 16.5. The summed E-state index contributed by atoms with van der Waals surface area (Å²) in [5, 5.41) is 9.05. The first-order chi connectivity index (χ1) is 9.17. The zero-order valence-corrected chi connectivity index (χ0v) is 11.8. The van der Waals surface area contributed by atoms with Crippen molar-refractivity contribution in [3.8, 4) is 5.75 Å². The SMILES string of the molecule is COc1cccc(N2CCC(CCO)C2)c1C(C)N. The predicted octanol–water partition coefficient (Wildman–Crippen LogP) is 1.92. The molecule has 1 heterocycles. The highest BCUT2D eigenvalue weighted by molar-refractivity contribution is 5.61. The van der Waals surface area contributed by atoms with Gasteiger partial charge in [0.05, 0.1) is 7.11 Å². The van der Waals surface area contributed by atoms with E-state index in [0.717, 1.165) is 37.2 Å². The average molecular weight is 264 g/mol. The maximum Gasteiger partial charge on any atom is 0.125 e. The van der Waals surface area contributed by atoms with E-state index in [1.54, 1.807) is 7.11 Å². The maximum absolute atomic E-state index is 9.05. The molecule has 0 aliphatic carbocycles. The van der Waals surface area contributed by atoms with Crippen molar-refractivity contribution in [3.05, 3.63) is 23.8 Å². The van der Waals surface area contributed by atoms with E-state index < -0.39 is 0 Å². The first-order valence-electron chi connectivity index (χ1n) is 6.95. The Bertz CT molecular complexity index is 421. The van der Waals surface area contributed by atoms with Gasteiger partial charge in [0.25, 0.3) is 0 Å². The summed E-state index contributed by atoms with van der Waals surface area (Å²) in [6.45, 7) is 4.28. The molecule has 1 aromatic rings. The summed E-state index contributed by atoms with van der Waals surface area (Å²) in [6, 6.07) is 6.04. The molecule has 3 N–H and O–H groups in total. The van der Waals surface area contributed by atoms with E-state index in [0.29, 0.717) is 5.92 Å². The van der Waals surface area contributed by atoms with Crippen LogP contribution in [0.2, 0.25) is 0 Å². The Balaban J connectivity index is 2.25. The first kappa shape index (κ1) is 14.2. The third-order valence-corrected chi connectivity index (χ3v) is 3.88. The number of nitrogens with zero attached hydrogens (tertiary/aromatic N) is 1. The third kappa shape index (κ3) is 3.01. The van der Waals surface area contributed by atoms with Crippen LogP contribution < -0.4 is 15.4 Å². The molecule has 1 aromatic carbocycles. The van der Waals surface area contributed by atoms with Crippen LogP contribution in [0.3, 0.4) is 0 Å². The molecule has 0 amide bonds. The highest BCUT2D eigenvalue weighted by Gasteiger charge is 2.25. The molecule has 0 radical (unpaired) electrons. The van der Waals surface area contributed by atoms with Crippen LogP contribution in [-0.4, -0.2) is 31.9 Å². The molecular formula is C15H24N2O2. The Morgan fingerprint density at radius 1 is 1.53 bits per heavy atom. The molecule has 1 aliphatic heterocycles. The van der Waals surface area contributed by atoms with Gasteiger partial charge < -0.3 is 20.5 Å². The van der Waals surface area contributed by atoms with Gasteiger partial charge in [-0.05, 0) is 37.8 Å². The van der Waals surface area contributed by atoms with Gasteiger partial charge in [-0.2, -0.15) is 0 Å². The van der Waals surface area contributed by atoms with E-state index in [9.17, 15) is 0 Å². The summed E-state index contributed by atoms with van der Waals surface area (Å²) >= 11 is 0. The lowest BCUT2D eigenvalue weighted by Gasteiger charge is -2.25. The third-order valence-electron chi connectivity index (χ3n) is 3.88. The second-order valence-electron chi connectivity index (χ2n) is 5.29. The normalized spacial score (nSPS) is 20.6. The van der Waals surface area contributed by atoms with E-state index in [4.69, 9.17) is 15.6 Å². The lowest BCUT2D eigenvalue weighted by atomic mass is 10.0.